The van der Waals surface area contributed by atoms with Gasteiger partial charge in [-0.05, 0) is 31.0 Å². The number of methoxy groups -OCH3 is 2. The van der Waals surface area contributed by atoms with Crippen molar-refractivity contribution in [2.24, 2.45) is 5.16 Å². The maximum atomic E-state index is 12.8. The van der Waals surface area contributed by atoms with Crippen molar-refractivity contribution in [3.05, 3.63) is 23.8 Å². The molecule has 6 heteroatoms. The fourth-order valence-corrected chi connectivity index (χ4v) is 3.58. The van der Waals surface area contributed by atoms with Crippen molar-refractivity contribution in [2.75, 3.05) is 21.3 Å². The molecule has 0 bridgehead atoms. The average molecular weight is 346 g/mol. The van der Waals surface area contributed by atoms with Gasteiger partial charge in [0.1, 0.15) is 11.5 Å². The Kier molecular flexibility index (Phi) is 5.46. The maximum absolute atomic E-state index is 12.8. The Morgan fingerprint density at radius 1 is 1.20 bits per heavy atom. The largest absolute Gasteiger partial charge is 0.497 e. The van der Waals surface area contributed by atoms with Crippen LogP contribution < -0.4 is 9.47 Å². The lowest BCUT2D eigenvalue weighted by molar-refractivity contribution is -0.143. The van der Waals surface area contributed by atoms with E-state index in [-0.39, 0.29) is 5.91 Å². The number of likely N-dealkylation sites (N-methyl/N-ethyl adjacent to an activating group) is 1. The Balaban J connectivity index is 1.69. The highest BCUT2D eigenvalue weighted by molar-refractivity contribution is 6.06. The van der Waals surface area contributed by atoms with Crippen LogP contribution in [0, 0.1) is 0 Å². The van der Waals surface area contributed by atoms with Crippen LogP contribution in [0.1, 0.15) is 44.1 Å². The zero-order valence-electron chi connectivity index (χ0n) is 15.2. The molecule has 1 aliphatic heterocycles. The van der Waals surface area contributed by atoms with Gasteiger partial charge in [0.25, 0.3) is 5.91 Å². The normalized spacial score (nSPS) is 20.6. The fourth-order valence-electron chi connectivity index (χ4n) is 3.58. The second-order valence-corrected chi connectivity index (χ2v) is 6.64. The molecule has 0 N–H and O–H groups in total. The molecule has 1 heterocycles. The van der Waals surface area contributed by atoms with E-state index >= 15 is 0 Å². The molecule has 3 rings (SSSR count). The number of hydrogen-bond acceptors (Lipinski definition) is 5. The Hall–Kier alpha value is -2.24. The monoisotopic (exact) mass is 346 g/mol. The van der Waals surface area contributed by atoms with E-state index in [1.807, 2.05) is 30.1 Å². The third kappa shape index (κ3) is 3.72. The minimum atomic E-state index is -0.558. The summed E-state index contributed by atoms with van der Waals surface area (Å²) in [5.74, 6) is 1.41. The van der Waals surface area contributed by atoms with E-state index in [0.29, 0.717) is 29.7 Å². The number of benzene rings is 1. The number of oxime groups is 1. The van der Waals surface area contributed by atoms with Crippen molar-refractivity contribution in [3.63, 3.8) is 0 Å². The van der Waals surface area contributed by atoms with Crippen molar-refractivity contribution in [1.29, 1.82) is 0 Å². The van der Waals surface area contributed by atoms with E-state index in [4.69, 9.17) is 14.3 Å². The van der Waals surface area contributed by atoms with Crippen LogP contribution in [0.2, 0.25) is 0 Å². The third-order valence-corrected chi connectivity index (χ3v) is 5.13. The van der Waals surface area contributed by atoms with Crippen LogP contribution in [-0.2, 0) is 9.63 Å². The first-order valence-electron chi connectivity index (χ1n) is 8.85. The van der Waals surface area contributed by atoms with Crippen molar-refractivity contribution in [1.82, 2.24) is 4.90 Å². The summed E-state index contributed by atoms with van der Waals surface area (Å²) >= 11 is 0. The minimum Gasteiger partial charge on any atom is -0.497 e. The lowest BCUT2D eigenvalue weighted by Crippen LogP contribution is -2.43. The highest BCUT2D eigenvalue weighted by Gasteiger charge is 2.34. The van der Waals surface area contributed by atoms with E-state index in [2.05, 4.69) is 5.16 Å². The SMILES string of the molecule is COc1ccc(OC)c(C2=NO[C@H](C(=O)N(C)C3CCCCC3)C2)c1. The van der Waals surface area contributed by atoms with Crippen LogP contribution in [-0.4, -0.2) is 49.9 Å². The van der Waals surface area contributed by atoms with Gasteiger partial charge in [0, 0.05) is 25.1 Å². The topological polar surface area (TPSA) is 60.4 Å². The van der Waals surface area contributed by atoms with Crippen LogP contribution in [0.25, 0.3) is 0 Å². The second-order valence-electron chi connectivity index (χ2n) is 6.64. The molecule has 2 aliphatic rings. The van der Waals surface area contributed by atoms with Gasteiger partial charge in [-0.15, -0.1) is 0 Å². The summed E-state index contributed by atoms with van der Waals surface area (Å²) in [5.41, 5.74) is 1.52. The van der Waals surface area contributed by atoms with Gasteiger partial charge in [-0.1, -0.05) is 24.4 Å². The zero-order chi connectivity index (χ0) is 17.8. The van der Waals surface area contributed by atoms with Gasteiger partial charge in [-0.3, -0.25) is 4.79 Å². The molecule has 1 aromatic rings. The molecule has 1 saturated carbocycles. The van der Waals surface area contributed by atoms with Gasteiger partial charge >= 0.3 is 0 Å². The Bertz CT molecular complexity index is 653. The summed E-state index contributed by atoms with van der Waals surface area (Å²) < 4.78 is 10.7. The molecule has 0 aromatic heterocycles. The fraction of sp³-hybridized carbons (Fsp3) is 0.579. The molecule has 0 unspecified atom stereocenters. The molecular formula is C19H26N2O4. The molecule has 1 aromatic carbocycles. The predicted molar refractivity (Wildman–Crippen MR) is 95.2 cm³/mol. The Labute approximate surface area is 148 Å². The highest BCUT2D eigenvalue weighted by Crippen LogP contribution is 2.30. The highest BCUT2D eigenvalue weighted by atomic mass is 16.6. The van der Waals surface area contributed by atoms with E-state index in [1.165, 1.54) is 19.3 Å². The number of carbonyl (C=O) groups is 1. The number of hydrogen-bond donors (Lipinski definition) is 0. The Morgan fingerprint density at radius 2 is 1.96 bits per heavy atom. The number of carbonyl (C=O) groups excluding carboxylic acids is 1. The second kappa shape index (κ2) is 7.76. The molecule has 25 heavy (non-hydrogen) atoms. The first kappa shape index (κ1) is 17.6. The summed E-state index contributed by atoms with van der Waals surface area (Å²) in [6.45, 7) is 0. The van der Waals surface area contributed by atoms with Gasteiger partial charge in [0.2, 0.25) is 6.10 Å². The maximum Gasteiger partial charge on any atom is 0.266 e. The first-order chi connectivity index (χ1) is 12.1. The van der Waals surface area contributed by atoms with E-state index in [9.17, 15) is 4.79 Å². The van der Waals surface area contributed by atoms with Gasteiger partial charge in [-0.2, -0.15) is 0 Å². The summed E-state index contributed by atoms with van der Waals surface area (Å²) in [5, 5.41) is 4.15. The molecule has 0 saturated heterocycles. The van der Waals surface area contributed by atoms with Gasteiger partial charge in [0.15, 0.2) is 0 Å². The smallest absolute Gasteiger partial charge is 0.266 e. The van der Waals surface area contributed by atoms with Crippen LogP contribution in [0.3, 0.4) is 0 Å². The van der Waals surface area contributed by atoms with E-state index in [1.54, 1.807) is 14.2 Å². The van der Waals surface area contributed by atoms with Crippen LogP contribution in [0.5, 0.6) is 11.5 Å². The van der Waals surface area contributed by atoms with Crippen molar-refractivity contribution >= 4 is 11.6 Å². The summed E-state index contributed by atoms with van der Waals surface area (Å²) in [7, 11) is 5.11. The molecule has 6 nitrogen and oxygen atoms in total. The van der Waals surface area contributed by atoms with Crippen molar-refractivity contribution in [2.45, 2.75) is 50.7 Å². The van der Waals surface area contributed by atoms with Gasteiger partial charge < -0.3 is 19.2 Å². The number of ether oxygens (including phenoxy) is 2. The van der Waals surface area contributed by atoms with Crippen LogP contribution >= 0.6 is 0 Å². The Morgan fingerprint density at radius 3 is 2.64 bits per heavy atom. The third-order valence-electron chi connectivity index (χ3n) is 5.13. The molecule has 0 radical (unpaired) electrons. The molecule has 0 spiro atoms. The molecule has 136 valence electrons. The molecule has 1 atom stereocenters. The average Bonchev–Trinajstić information content (AvgIpc) is 3.17. The summed E-state index contributed by atoms with van der Waals surface area (Å²) in [4.78, 5) is 20.1. The lowest BCUT2D eigenvalue weighted by Gasteiger charge is -2.32. The number of nitrogens with zero attached hydrogens (tertiary/aromatic N) is 2. The quantitative estimate of drug-likeness (QED) is 0.822. The standard InChI is InChI=1S/C19H26N2O4/c1-21(13-7-5-4-6-8-13)19(22)18-12-16(20-25-18)15-11-14(23-2)9-10-17(15)24-3/h9-11,13,18H,4-8,12H2,1-3H3/t18-/m0/s1. The molecule has 1 amide bonds. The molecular weight excluding hydrogens is 320 g/mol. The van der Waals surface area contributed by atoms with Crippen LogP contribution in [0.15, 0.2) is 23.4 Å². The molecule has 1 fully saturated rings. The van der Waals surface area contributed by atoms with Gasteiger partial charge in [-0.25, -0.2) is 0 Å². The summed E-state index contributed by atoms with van der Waals surface area (Å²) in [6, 6.07) is 5.84. The van der Waals surface area contributed by atoms with E-state index in [0.717, 1.165) is 18.4 Å². The molecule has 1 aliphatic carbocycles. The first-order valence-corrected chi connectivity index (χ1v) is 8.85. The zero-order valence-corrected chi connectivity index (χ0v) is 15.2. The van der Waals surface area contributed by atoms with Gasteiger partial charge in [0.05, 0.1) is 19.9 Å². The van der Waals surface area contributed by atoms with Crippen molar-refractivity contribution in [3.8, 4) is 11.5 Å². The number of rotatable bonds is 5. The summed E-state index contributed by atoms with van der Waals surface area (Å²) in [6.07, 6.45) is 5.69. The minimum absolute atomic E-state index is 0.00696. The number of amides is 1. The van der Waals surface area contributed by atoms with Crippen molar-refractivity contribution < 1.29 is 19.1 Å². The lowest BCUT2D eigenvalue weighted by atomic mass is 9.94. The van der Waals surface area contributed by atoms with Crippen LogP contribution in [0.4, 0.5) is 0 Å². The van der Waals surface area contributed by atoms with E-state index < -0.39 is 6.10 Å². The predicted octanol–water partition coefficient (Wildman–Crippen LogP) is 2.99.